The molecule has 2 rings (SSSR count). The van der Waals surface area contributed by atoms with Crippen molar-refractivity contribution < 1.29 is 14.5 Å². The van der Waals surface area contributed by atoms with Crippen LogP contribution in [0.25, 0.3) is 0 Å². The second-order valence-corrected chi connectivity index (χ2v) is 6.34. The topological polar surface area (TPSA) is 80.4 Å². The lowest BCUT2D eigenvalue weighted by molar-refractivity contribution is -0.486. The summed E-state index contributed by atoms with van der Waals surface area (Å²) in [6.07, 6.45) is -0.176. The SMILES string of the molecule is CC(C)OC(C)N1CCN(CC2COCC2C)C1=N[N+](=O)[O-]. The van der Waals surface area contributed by atoms with Gasteiger partial charge in [-0.2, -0.15) is 0 Å². The van der Waals surface area contributed by atoms with E-state index in [-0.39, 0.29) is 12.3 Å². The van der Waals surface area contributed by atoms with Gasteiger partial charge in [-0.3, -0.25) is 0 Å². The highest BCUT2D eigenvalue weighted by Crippen LogP contribution is 2.24. The van der Waals surface area contributed by atoms with Gasteiger partial charge in [-0.05, 0) is 26.7 Å². The van der Waals surface area contributed by atoms with Gasteiger partial charge in [0.1, 0.15) is 11.3 Å². The van der Waals surface area contributed by atoms with Gasteiger partial charge in [0.25, 0.3) is 5.96 Å². The zero-order valence-corrected chi connectivity index (χ0v) is 13.8. The van der Waals surface area contributed by atoms with Crippen molar-refractivity contribution in [3.05, 3.63) is 10.1 Å². The maximum atomic E-state index is 10.9. The van der Waals surface area contributed by atoms with Crippen LogP contribution in [0.2, 0.25) is 0 Å². The quantitative estimate of drug-likeness (QED) is 0.541. The van der Waals surface area contributed by atoms with Gasteiger partial charge in [-0.25, -0.2) is 10.1 Å². The summed E-state index contributed by atoms with van der Waals surface area (Å²) in [5.74, 6) is 1.26. The number of nitro groups is 1. The number of hydrogen-bond donors (Lipinski definition) is 0. The normalized spacial score (nSPS) is 28.9. The second kappa shape index (κ2) is 7.23. The van der Waals surface area contributed by atoms with Crippen molar-refractivity contribution in [3.8, 4) is 0 Å². The summed E-state index contributed by atoms with van der Waals surface area (Å²) in [5.41, 5.74) is 0. The molecule has 2 fully saturated rings. The van der Waals surface area contributed by atoms with E-state index in [1.807, 2.05) is 30.6 Å². The van der Waals surface area contributed by atoms with E-state index in [2.05, 4.69) is 12.0 Å². The predicted octanol–water partition coefficient (Wildman–Crippen LogP) is 1.21. The van der Waals surface area contributed by atoms with E-state index >= 15 is 0 Å². The fourth-order valence-electron chi connectivity index (χ4n) is 3.01. The van der Waals surface area contributed by atoms with E-state index in [0.717, 1.165) is 19.7 Å². The smallest absolute Gasteiger partial charge is 0.276 e. The first-order valence-corrected chi connectivity index (χ1v) is 7.86. The van der Waals surface area contributed by atoms with Crippen LogP contribution in [-0.4, -0.2) is 66.0 Å². The molecule has 0 spiro atoms. The maximum absolute atomic E-state index is 10.9. The van der Waals surface area contributed by atoms with E-state index in [1.165, 1.54) is 0 Å². The van der Waals surface area contributed by atoms with E-state index in [4.69, 9.17) is 9.47 Å². The monoisotopic (exact) mass is 314 g/mol. The van der Waals surface area contributed by atoms with E-state index in [0.29, 0.717) is 30.9 Å². The molecule has 3 atom stereocenters. The summed E-state index contributed by atoms with van der Waals surface area (Å²) in [6.45, 7) is 11.6. The summed E-state index contributed by atoms with van der Waals surface area (Å²) >= 11 is 0. The molecule has 0 aromatic heterocycles. The van der Waals surface area contributed by atoms with Gasteiger partial charge >= 0.3 is 0 Å². The van der Waals surface area contributed by atoms with Crippen LogP contribution < -0.4 is 0 Å². The summed E-state index contributed by atoms with van der Waals surface area (Å²) < 4.78 is 11.2. The molecule has 0 aromatic rings. The lowest BCUT2D eigenvalue weighted by Gasteiger charge is -2.28. The Labute approximate surface area is 131 Å². The van der Waals surface area contributed by atoms with Crippen molar-refractivity contribution in [1.82, 2.24) is 9.80 Å². The minimum atomic E-state index is -0.628. The van der Waals surface area contributed by atoms with Crippen molar-refractivity contribution >= 4 is 5.96 Å². The third kappa shape index (κ3) is 4.07. The fraction of sp³-hybridized carbons (Fsp3) is 0.929. The maximum Gasteiger partial charge on any atom is 0.276 e. The van der Waals surface area contributed by atoms with Gasteiger partial charge < -0.3 is 19.3 Å². The first-order valence-electron chi connectivity index (χ1n) is 7.86. The lowest BCUT2D eigenvalue weighted by atomic mass is 9.98. The molecule has 0 aromatic carbocycles. The third-order valence-corrected chi connectivity index (χ3v) is 4.20. The molecule has 126 valence electrons. The Hall–Kier alpha value is -1.41. The second-order valence-electron chi connectivity index (χ2n) is 6.34. The first kappa shape index (κ1) is 17.0. The number of guanidine groups is 1. The Kier molecular flexibility index (Phi) is 5.57. The molecule has 0 saturated carbocycles. The van der Waals surface area contributed by atoms with Crippen molar-refractivity contribution in [2.45, 2.75) is 40.0 Å². The Bertz CT molecular complexity index is 429. The van der Waals surface area contributed by atoms with Crippen LogP contribution in [0, 0.1) is 22.0 Å². The molecule has 0 amide bonds. The molecule has 8 nitrogen and oxygen atoms in total. The van der Waals surface area contributed by atoms with Crippen molar-refractivity contribution in [2.24, 2.45) is 16.9 Å². The molecule has 2 heterocycles. The summed E-state index contributed by atoms with van der Waals surface area (Å²) in [4.78, 5) is 14.7. The average molecular weight is 314 g/mol. The number of ether oxygens (including phenoxy) is 2. The van der Waals surface area contributed by atoms with Crippen LogP contribution in [0.5, 0.6) is 0 Å². The van der Waals surface area contributed by atoms with Crippen LogP contribution in [0.15, 0.2) is 5.10 Å². The average Bonchev–Trinajstić information content (AvgIpc) is 2.97. The molecular weight excluding hydrogens is 288 g/mol. The minimum Gasteiger partial charge on any atom is -0.381 e. The standard InChI is InChI=1S/C14H26N4O4/c1-10(2)22-12(4)17-6-5-16(14(17)15-18(19)20)7-13-9-21-8-11(13)3/h10-13H,5-9H2,1-4H3. The summed E-state index contributed by atoms with van der Waals surface area (Å²) in [7, 11) is 0. The van der Waals surface area contributed by atoms with E-state index in [1.54, 1.807) is 0 Å². The highest BCUT2D eigenvalue weighted by Gasteiger charge is 2.36. The number of hydrazone groups is 1. The van der Waals surface area contributed by atoms with Gasteiger partial charge in [-0.15, -0.1) is 0 Å². The Morgan fingerprint density at radius 3 is 2.68 bits per heavy atom. The van der Waals surface area contributed by atoms with Crippen molar-refractivity contribution in [3.63, 3.8) is 0 Å². The van der Waals surface area contributed by atoms with E-state index < -0.39 is 5.03 Å². The molecule has 2 aliphatic rings. The molecule has 0 N–H and O–H groups in total. The molecular formula is C14H26N4O4. The van der Waals surface area contributed by atoms with Crippen LogP contribution in [0.4, 0.5) is 0 Å². The number of hydrogen-bond acceptors (Lipinski definition) is 4. The predicted molar refractivity (Wildman–Crippen MR) is 81.9 cm³/mol. The molecule has 0 bridgehead atoms. The van der Waals surface area contributed by atoms with Crippen molar-refractivity contribution in [2.75, 3.05) is 32.8 Å². The third-order valence-electron chi connectivity index (χ3n) is 4.20. The van der Waals surface area contributed by atoms with Crippen LogP contribution in [-0.2, 0) is 9.47 Å². The van der Waals surface area contributed by atoms with Gasteiger partial charge in [0, 0.05) is 32.2 Å². The zero-order valence-electron chi connectivity index (χ0n) is 13.8. The summed E-state index contributed by atoms with van der Waals surface area (Å²) in [5, 5.41) is 13.9. The molecule has 0 radical (unpaired) electrons. The van der Waals surface area contributed by atoms with Gasteiger partial charge in [0.05, 0.1) is 12.7 Å². The highest BCUT2D eigenvalue weighted by molar-refractivity contribution is 5.81. The largest absolute Gasteiger partial charge is 0.381 e. The first-order chi connectivity index (χ1) is 10.4. The Balaban J connectivity index is 2.08. The summed E-state index contributed by atoms with van der Waals surface area (Å²) in [6, 6.07) is 0. The van der Waals surface area contributed by atoms with Gasteiger partial charge in [0.2, 0.25) is 0 Å². The van der Waals surface area contributed by atoms with Crippen LogP contribution in [0.1, 0.15) is 27.7 Å². The Morgan fingerprint density at radius 1 is 1.41 bits per heavy atom. The molecule has 2 aliphatic heterocycles. The molecule has 2 saturated heterocycles. The number of rotatable bonds is 6. The van der Waals surface area contributed by atoms with Gasteiger partial charge in [-0.1, -0.05) is 6.92 Å². The minimum absolute atomic E-state index is 0.0594. The molecule has 3 unspecified atom stereocenters. The molecule has 0 aliphatic carbocycles. The fourth-order valence-corrected chi connectivity index (χ4v) is 3.01. The highest BCUT2D eigenvalue weighted by atomic mass is 16.7. The molecule has 8 heteroatoms. The number of nitrogens with zero attached hydrogens (tertiary/aromatic N) is 4. The molecule has 22 heavy (non-hydrogen) atoms. The van der Waals surface area contributed by atoms with Crippen molar-refractivity contribution in [1.29, 1.82) is 0 Å². The van der Waals surface area contributed by atoms with Gasteiger partial charge in [0.15, 0.2) is 5.03 Å². The van der Waals surface area contributed by atoms with Crippen LogP contribution in [0.3, 0.4) is 0 Å². The lowest BCUT2D eigenvalue weighted by Crippen LogP contribution is -2.43. The van der Waals surface area contributed by atoms with E-state index in [9.17, 15) is 10.1 Å². The zero-order chi connectivity index (χ0) is 16.3. The van der Waals surface area contributed by atoms with Crippen LogP contribution >= 0.6 is 0 Å². The Morgan fingerprint density at radius 2 is 2.14 bits per heavy atom.